The summed E-state index contributed by atoms with van der Waals surface area (Å²) in [6.45, 7) is 12.3. The fourth-order valence-corrected chi connectivity index (χ4v) is 13.6. The number of carboxylic acids is 1. The maximum Gasteiger partial charge on any atom is 0.305 e. The van der Waals surface area contributed by atoms with Crippen molar-refractivity contribution in [2.24, 2.45) is 28.6 Å². The number of thioether (sulfide) groups is 1. The minimum Gasteiger partial charge on any atom is -0.481 e. The summed E-state index contributed by atoms with van der Waals surface area (Å²) >= 11 is 1.30. The van der Waals surface area contributed by atoms with Gasteiger partial charge in [-0.1, -0.05) is 64.3 Å². The summed E-state index contributed by atoms with van der Waals surface area (Å²) in [7, 11) is 0. The third-order valence-electron chi connectivity index (χ3n) is 16.1. The predicted molar refractivity (Wildman–Crippen MR) is 274 cm³/mol. The van der Waals surface area contributed by atoms with Crippen LogP contribution < -0.4 is 26.6 Å². The summed E-state index contributed by atoms with van der Waals surface area (Å²) in [6, 6.07) is 8.60. The van der Waals surface area contributed by atoms with Crippen molar-refractivity contribution in [1.82, 2.24) is 20.9 Å². The number of rotatable bonds is 22. The van der Waals surface area contributed by atoms with Crippen molar-refractivity contribution < 1.29 is 58.4 Å². The summed E-state index contributed by atoms with van der Waals surface area (Å²) in [4.78, 5) is 93.6. The molecule has 3 saturated carbocycles. The van der Waals surface area contributed by atoms with Crippen LogP contribution in [-0.4, -0.2) is 115 Å². The second-order valence-electron chi connectivity index (χ2n) is 21.0. The van der Waals surface area contributed by atoms with E-state index in [0.29, 0.717) is 23.5 Å². The number of aliphatic hydroxyl groups is 2. The lowest BCUT2D eigenvalue weighted by molar-refractivity contribution is -0.201. The van der Waals surface area contributed by atoms with Gasteiger partial charge in [-0.2, -0.15) is 0 Å². The van der Waals surface area contributed by atoms with Gasteiger partial charge in [-0.15, -0.1) is 11.8 Å². The number of ether oxygens (including phenoxy) is 2. The fourth-order valence-electron chi connectivity index (χ4n) is 12.3. The normalized spacial score (nSPS) is 29.9. The number of benzene rings is 1. The van der Waals surface area contributed by atoms with Crippen LogP contribution in [0.25, 0.3) is 0 Å². The molecule has 0 radical (unpaired) electrons. The third-order valence-corrected chi connectivity index (χ3v) is 17.5. The number of nitrogens with one attached hydrogen (secondary N) is 5. The van der Waals surface area contributed by atoms with Crippen LogP contribution >= 0.6 is 11.8 Å². The van der Waals surface area contributed by atoms with E-state index in [-0.39, 0.29) is 60.6 Å². The Kier molecular flexibility index (Phi) is 17.4. The number of allylic oxidation sites excluding steroid dienone is 4. The van der Waals surface area contributed by atoms with Crippen molar-refractivity contribution in [3.63, 3.8) is 0 Å². The Balaban J connectivity index is 0.870. The molecule has 73 heavy (non-hydrogen) atoms. The van der Waals surface area contributed by atoms with E-state index < -0.39 is 94.3 Å². The fraction of sp³-hybridized carbons (Fsp3) is 0.593. The monoisotopic (exact) mass is 1030 g/mol. The van der Waals surface area contributed by atoms with E-state index in [0.717, 1.165) is 43.2 Å². The molecule has 5 aliphatic rings. The molecular weight excluding hydrogens is 957 g/mol. The summed E-state index contributed by atoms with van der Waals surface area (Å²) in [5.41, 5.74) is 0.234. The lowest BCUT2D eigenvalue weighted by atomic mass is 9.46. The molecule has 4 aliphatic carbocycles. The highest BCUT2D eigenvalue weighted by Gasteiger charge is 2.76. The van der Waals surface area contributed by atoms with Gasteiger partial charge in [-0.05, 0) is 107 Å². The standard InChI is InChI=1S/C54H72N6O12S/c1-8-9-10-29(2)73-41(25-46(66)67)50(70)55-22-20-45(65)58-31(4)48(68)59-32(5)49(69)60-36-15-11-33(12-16-36)30(3)57-44-18-13-34(27-56-44)51-71-43-24-39-38-17-14-35-23-37(62)19-21-52(35,6)47(38)40(63)26-53(39,7)54(43,72-51)42(64)28-61/h11-13,15-16,18-19,21,23,27,29-32,38-41,43,47,51,61,63H,8-10,14,17,20,22,24-26,28H2,1-7H3,(H,55,70)(H,56,57)(H,58,65)(H,59,68)(H,60,69)(H,66,67)/t29?,30-,31+,32+,38+,39?,40+,41?,43-,47?,51-,52+,53+,54-/m1/s1. The van der Waals surface area contributed by atoms with Crippen LogP contribution in [0, 0.1) is 28.6 Å². The first-order valence-electron chi connectivity index (χ1n) is 25.6. The van der Waals surface area contributed by atoms with Crippen molar-refractivity contribution in [2.45, 2.75) is 159 Å². The van der Waals surface area contributed by atoms with Gasteiger partial charge in [0, 0.05) is 58.5 Å². The predicted octanol–water partition coefficient (Wildman–Crippen LogP) is 5.47. The van der Waals surface area contributed by atoms with Crippen LogP contribution in [0.5, 0.6) is 0 Å². The highest BCUT2D eigenvalue weighted by Crippen LogP contribution is 2.70. The largest absolute Gasteiger partial charge is 0.481 e. The molecule has 18 nitrogen and oxygen atoms in total. The van der Waals surface area contributed by atoms with Crippen molar-refractivity contribution in [2.75, 3.05) is 23.8 Å². The van der Waals surface area contributed by atoms with Gasteiger partial charge in [-0.3, -0.25) is 33.6 Å². The number of aromatic nitrogens is 1. The molecule has 396 valence electrons. The number of hydrogen-bond acceptors (Lipinski definition) is 14. The van der Waals surface area contributed by atoms with Crippen molar-refractivity contribution >= 4 is 64.4 Å². The zero-order valence-corrected chi connectivity index (χ0v) is 43.6. The molecule has 1 saturated heterocycles. The molecule has 0 spiro atoms. The Morgan fingerprint density at radius 3 is 2.36 bits per heavy atom. The van der Waals surface area contributed by atoms with Crippen LogP contribution in [0.2, 0.25) is 0 Å². The lowest BCUT2D eigenvalue weighted by Crippen LogP contribution is -2.63. The second kappa shape index (κ2) is 23.0. The third kappa shape index (κ3) is 11.6. The SMILES string of the molecule is CCCCC(C)SC(CC(=O)O)C(=O)NCCC(=O)N[C@@H](C)C(=O)N[C@@H](C)C(=O)Nc1ccc([C@@H](C)Nc2ccc([C@@H]3O[C@@H]4CC5[C@@H]6CCC7=CC(=O)C=C[C@]7(C)C6[C@@H](O)C[C@]5(C)[C@]4(C(=O)CO)O3)cn2)cc1. The number of pyridine rings is 1. The Morgan fingerprint density at radius 2 is 1.68 bits per heavy atom. The first kappa shape index (κ1) is 55.3. The number of aliphatic hydroxyl groups excluding tert-OH is 2. The van der Waals surface area contributed by atoms with Crippen LogP contribution in [0.15, 0.2) is 66.4 Å². The first-order valence-corrected chi connectivity index (χ1v) is 26.6. The Labute approximate surface area is 431 Å². The molecule has 4 unspecified atom stereocenters. The van der Waals surface area contributed by atoms with E-state index in [1.165, 1.54) is 25.6 Å². The van der Waals surface area contributed by atoms with Gasteiger partial charge in [0.1, 0.15) is 24.5 Å². The number of aliphatic carboxylic acids is 1. The molecule has 14 atom stereocenters. The molecular formula is C54H72N6O12S. The minimum absolute atomic E-state index is 0.0266. The number of nitrogens with zero attached hydrogens (tertiary/aromatic N) is 1. The number of carbonyl (C=O) groups excluding carboxylic acids is 6. The molecule has 7 rings (SSSR count). The summed E-state index contributed by atoms with van der Waals surface area (Å²) in [6.07, 6.45) is 9.17. The van der Waals surface area contributed by atoms with E-state index in [4.69, 9.17) is 9.47 Å². The summed E-state index contributed by atoms with van der Waals surface area (Å²) in [5.74, 6) is -3.18. The van der Waals surface area contributed by atoms with Gasteiger partial charge in [0.25, 0.3) is 0 Å². The van der Waals surface area contributed by atoms with Crippen molar-refractivity contribution in [1.29, 1.82) is 0 Å². The van der Waals surface area contributed by atoms with E-state index in [9.17, 15) is 48.9 Å². The van der Waals surface area contributed by atoms with Gasteiger partial charge in [0.2, 0.25) is 23.6 Å². The van der Waals surface area contributed by atoms with E-state index in [2.05, 4.69) is 45.4 Å². The molecule has 1 aromatic heterocycles. The average Bonchev–Trinajstić information content (AvgIpc) is 3.85. The maximum absolute atomic E-state index is 14.0. The number of amides is 4. The maximum atomic E-state index is 14.0. The van der Waals surface area contributed by atoms with Gasteiger partial charge in [0.15, 0.2) is 23.5 Å². The summed E-state index contributed by atoms with van der Waals surface area (Å²) < 4.78 is 13.3. The number of carboxylic acid groups (broad SMARTS) is 1. The van der Waals surface area contributed by atoms with E-state index in [1.807, 2.05) is 45.0 Å². The van der Waals surface area contributed by atoms with Crippen LogP contribution in [-0.2, 0) is 43.0 Å². The molecule has 19 heteroatoms. The molecule has 8 N–H and O–H groups in total. The van der Waals surface area contributed by atoms with Crippen LogP contribution in [0.4, 0.5) is 11.5 Å². The van der Waals surface area contributed by atoms with E-state index >= 15 is 0 Å². The Morgan fingerprint density at radius 1 is 0.959 bits per heavy atom. The Bertz CT molecular complexity index is 2470. The van der Waals surface area contributed by atoms with Crippen LogP contribution in [0.3, 0.4) is 0 Å². The smallest absolute Gasteiger partial charge is 0.305 e. The second-order valence-corrected chi connectivity index (χ2v) is 22.7. The molecule has 0 bridgehead atoms. The van der Waals surface area contributed by atoms with Crippen molar-refractivity contribution in [3.05, 3.63) is 77.5 Å². The highest BCUT2D eigenvalue weighted by molar-refractivity contribution is 8.01. The van der Waals surface area contributed by atoms with Gasteiger partial charge < -0.3 is 51.4 Å². The molecule has 1 aromatic carbocycles. The molecule has 1 aliphatic heterocycles. The number of ketones is 2. The number of unbranched alkanes of at least 4 members (excludes halogenated alkanes) is 1. The Hall–Kier alpha value is -5.47. The zero-order valence-electron chi connectivity index (χ0n) is 42.8. The molecule has 2 aromatic rings. The average molecular weight is 1030 g/mol. The molecule has 4 amide bonds. The van der Waals surface area contributed by atoms with E-state index in [1.54, 1.807) is 36.5 Å². The number of fused-ring (bicyclic) bond motifs is 7. The molecule has 4 fully saturated rings. The topological polar surface area (TPSA) is 272 Å². The summed E-state index contributed by atoms with van der Waals surface area (Å²) in [5, 5.41) is 44.9. The van der Waals surface area contributed by atoms with Gasteiger partial charge in [0.05, 0.1) is 23.9 Å². The number of Topliss-reactive ketones (excluding diaryl/α,β-unsaturated/α-hetero) is 1. The number of anilines is 2. The quantitative estimate of drug-likeness (QED) is 0.0727. The zero-order chi connectivity index (χ0) is 53.0. The highest BCUT2D eigenvalue weighted by atomic mass is 32.2. The first-order chi connectivity index (χ1) is 34.6. The lowest BCUT2D eigenvalue weighted by Gasteiger charge is -2.59. The molecule has 2 heterocycles. The van der Waals surface area contributed by atoms with Gasteiger partial charge >= 0.3 is 5.97 Å². The number of carbonyl (C=O) groups is 7. The minimum atomic E-state index is -1.48. The van der Waals surface area contributed by atoms with Gasteiger partial charge in [-0.25, -0.2) is 4.98 Å². The van der Waals surface area contributed by atoms with Crippen LogP contribution in [0.1, 0.15) is 130 Å². The van der Waals surface area contributed by atoms with Crippen molar-refractivity contribution in [3.8, 4) is 0 Å². The number of hydrogen-bond donors (Lipinski definition) is 8.